The molecule has 0 atom stereocenters. The highest BCUT2D eigenvalue weighted by molar-refractivity contribution is 9.10. The first-order chi connectivity index (χ1) is 8.61. The van der Waals surface area contributed by atoms with Crippen molar-refractivity contribution in [2.24, 2.45) is 0 Å². The molecule has 0 unspecified atom stereocenters. The fourth-order valence-electron chi connectivity index (χ4n) is 1.56. The van der Waals surface area contributed by atoms with Crippen LogP contribution in [0.2, 0.25) is 0 Å². The summed E-state index contributed by atoms with van der Waals surface area (Å²) in [5, 5.41) is 12.3. The van der Waals surface area contributed by atoms with Crippen LogP contribution in [0.5, 0.6) is 0 Å². The lowest BCUT2D eigenvalue weighted by molar-refractivity contribution is 0.292. The van der Waals surface area contributed by atoms with Gasteiger partial charge in [-0.3, -0.25) is 0 Å². The summed E-state index contributed by atoms with van der Waals surface area (Å²) >= 11 is 3.10. The standard InChI is InChI=1S/C11H12BrFN4O/c12-7-5-9-6(4-8(7)13)10(15-2-1-3-18)17-11(14)16-9/h4-5,18H,1-3H2,(H3,14,15,16,17). The molecule has 0 amide bonds. The number of anilines is 2. The van der Waals surface area contributed by atoms with Crippen LogP contribution in [0.3, 0.4) is 0 Å². The molecule has 1 heterocycles. The van der Waals surface area contributed by atoms with Crippen molar-refractivity contribution in [2.45, 2.75) is 6.42 Å². The summed E-state index contributed by atoms with van der Waals surface area (Å²) in [5.74, 6) is 0.200. The fraction of sp³-hybridized carbons (Fsp3) is 0.273. The minimum absolute atomic E-state index is 0.0748. The Kier molecular flexibility index (Phi) is 3.93. The van der Waals surface area contributed by atoms with Gasteiger partial charge >= 0.3 is 0 Å². The van der Waals surface area contributed by atoms with E-state index in [1.807, 2.05) is 0 Å². The van der Waals surface area contributed by atoms with Gasteiger partial charge in [0.1, 0.15) is 11.6 Å². The lowest BCUT2D eigenvalue weighted by atomic mass is 10.2. The number of fused-ring (bicyclic) bond motifs is 1. The Hall–Kier alpha value is -1.47. The summed E-state index contributed by atoms with van der Waals surface area (Å²) in [6.07, 6.45) is 0.574. The van der Waals surface area contributed by atoms with Gasteiger partial charge < -0.3 is 16.2 Å². The van der Waals surface area contributed by atoms with Gasteiger partial charge in [-0.1, -0.05) is 0 Å². The van der Waals surface area contributed by atoms with Crippen molar-refractivity contribution < 1.29 is 9.50 Å². The number of hydrogen-bond acceptors (Lipinski definition) is 5. The van der Waals surface area contributed by atoms with Crippen LogP contribution in [0.15, 0.2) is 16.6 Å². The number of rotatable bonds is 4. The molecule has 4 N–H and O–H groups in total. The van der Waals surface area contributed by atoms with Crippen molar-refractivity contribution in [1.29, 1.82) is 0 Å². The highest BCUT2D eigenvalue weighted by Crippen LogP contribution is 2.27. The Morgan fingerprint density at radius 3 is 2.89 bits per heavy atom. The molecule has 1 aromatic carbocycles. The number of halogens is 2. The predicted molar refractivity (Wildman–Crippen MR) is 71.8 cm³/mol. The Bertz CT molecular complexity index is 578. The van der Waals surface area contributed by atoms with E-state index in [2.05, 4.69) is 31.2 Å². The van der Waals surface area contributed by atoms with Crippen LogP contribution in [0.1, 0.15) is 6.42 Å². The Morgan fingerprint density at radius 1 is 1.39 bits per heavy atom. The topological polar surface area (TPSA) is 84.1 Å². The largest absolute Gasteiger partial charge is 0.396 e. The van der Waals surface area contributed by atoms with E-state index in [4.69, 9.17) is 10.8 Å². The number of hydrogen-bond donors (Lipinski definition) is 3. The Balaban J connectivity index is 2.47. The third kappa shape index (κ3) is 2.68. The number of aliphatic hydroxyl groups excluding tert-OH is 1. The van der Waals surface area contributed by atoms with Crippen molar-refractivity contribution in [2.75, 3.05) is 24.2 Å². The lowest BCUT2D eigenvalue weighted by Gasteiger charge is -2.09. The highest BCUT2D eigenvalue weighted by atomic mass is 79.9. The van der Waals surface area contributed by atoms with Gasteiger partial charge in [0.05, 0.1) is 9.99 Å². The van der Waals surface area contributed by atoms with E-state index in [-0.39, 0.29) is 18.4 Å². The SMILES string of the molecule is Nc1nc(NCCCO)c2cc(F)c(Br)cc2n1. The van der Waals surface area contributed by atoms with Gasteiger partial charge in [0.15, 0.2) is 0 Å². The normalized spacial score (nSPS) is 10.8. The summed E-state index contributed by atoms with van der Waals surface area (Å²) in [7, 11) is 0. The summed E-state index contributed by atoms with van der Waals surface area (Å²) < 4.78 is 13.8. The first kappa shape index (κ1) is 13.0. The lowest BCUT2D eigenvalue weighted by Crippen LogP contribution is -2.08. The molecule has 0 aliphatic heterocycles. The molecule has 96 valence electrons. The summed E-state index contributed by atoms with van der Waals surface area (Å²) in [5.41, 5.74) is 6.15. The molecule has 0 radical (unpaired) electrons. The van der Waals surface area contributed by atoms with Crippen LogP contribution in [0.25, 0.3) is 10.9 Å². The first-order valence-electron chi connectivity index (χ1n) is 5.39. The molecule has 7 heteroatoms. The maximum atomic E-state index is 13.5. The van der Waals surface area contributed by atoms with Crippen LogP contribution in [-0.4, -0.2) is 28.2 Å². The van der Waals surface area contributed by atoms with E-state index in [9.17, 15) is 4.39 Å². The molecule has 0 aliphatic carbocycles. The summed E-state index contributed by atoms with van der Waals surface area (Å²) in [6, 6.07) is 2.90. The molecular formula is C11H12BrFN4O. The van der Waals surface area contributed by atoms with E-state index < -0.39 is 0 Å². The van der Waals surface area contributed by atoms with E-state index in [0.717, 1.165) is 0 Å². The van der Waals surface area contributed by atoms with Crippen molar-refractivity contribution in [3.05, 3.63) is 22.4 Å². The van der Waals surface area contributed by atoms with E-state index in [1.54, 1.807) is 6.07 Å². The predicted octanol–water partition coefficient (Wildman–Crippen LogP) is 1.91. The first-order valence-corrected chi connectivity index (χ1v) is 6.18. The maximum absolute atomic E-state index is 13.5. The fourth-order valence-corrected chi connectivity index (χ4v) is 1.89. The van der Waals surface area contributed by atoms with Gasteiger partial charge in [-0.05, 0) is 34.5 Å². The van der Waals surface area contributed by atoms with Crippen molar-refractivity contribution in [3.8, 4) is 0 Å². The van der Waals surface area contributed by atoms with Crippen LogP contribution >= 0.6 is 15.9 Å². The molecule has 0 saturated carbocycles. The van der Waals surface area contributed by atoms with Crippen molar-refractivity contribution in [1.82, 2.24) is 9.97 Å². The van der Waals surface area contributed by atoms with Gasteiger partial charge in [0, 0.05) is 18.5 Å². The number of nitrogen functional groups attached to an aromatic ring is 1. The monoisotopic (exact) mass is 314 g/mol. The van der Waals surface area contributed by atoms with Crippen molar-refractivity contribution >= 4 is 38.6 Å². The number of benzene rings is 1. The van der Waals surface area contributed by atoms with E-state index in [0.29, 0.717) is 34.2 Å². The molecule has 1 aromatic heterocycles. The van der Waals surface area contributed by atoms with E-state index >= 15 is 0 Å². The quantitative estimate of drug-likeness (QED) is 0.751. The van der Waals surface area contributed by atoms with Crippen LogP contribution in [0, 0.1) is 5.82 Å². The van der Waals surface area contributed by atoms with Gasteiger partial charge in [-0.15, -0.1) is 0 Å². The number of nitrogens with two attached hydrogens (primary N) is 1. The van der Waals surface area contributed by atoms with Crippen LogP contribution in [0.4, 0.5) is 16.2 Å². The minimum Gasteiger partial charge on any atom is -0.396 e. The molecule has 0 spiro atoms. The highest BCUT2D eigenvalue weighted by Gasteiger charge is 2.09. The number of aromatic nitrogens is 2. The van der Waals surface area contributed by atoms with Gasteiger partial charge in [0.2, 0.25) is 5.95 Å². The van der Waals surface area contributed by atoms with Crippen molar-refractivity contribution in [3.63, 3.8) is 0 Å². The zero-order valence-corrected chi connectivity index (χ0v) is 11.0. The van der Waals surface area contributed by atoms with Gasteiger partial charge in [-0.2, -0.15) is 4.98 Å². The second-order valence-electron chi connectivity index (χ2n) is 3.72. The van der Waals surface area contributed by atoms with Gasteiger partial charge in [-0.25, -0.2) is 9.37 Å². The molecule has 0 aliphatic rings. The average molecular weight is 315 g/mol. The molecule has 0 fully saturated rings. The third-order valence-electron chi connectivity index (χ3n) is 2.38. The molecule has 2 aromatic rings. The molecule has 0 bridgehead atoms. The molecule has 0 saturated heterocycles. The van der Waals surface area contributed by atoms with E-state index in [1.165, 1.54) is 6.07 Å². The van der Waals surface area contributed by atoms with Gasteiger partial charge in [0.25, 0.3) is 0 Å². The average Bonchev–Trinajstić information content (AvgIpc) is 2.32. The number of nitrogens with one attached hydrogen (secondary N) is 1. The zero-order valence-electron chi connectivity index (χ0n) is 9.45. The second kappa shape index (κ2) is 5.45. The Morgan fingerprint density at radius 2 is 2.17 bits per heavy atom. The minimum atomic E-state index is -0.388. The zero-order chi connectivity index (χ0) is 13.1. The molecular weight excluding hydrogens is 303 g/mol. The molecule has 5 nitrogen and oxygen atoms in total. The third-order valence-corrected chi connectivity index (χ3v) is 2.99. The maximum Gasteiger partial charge on any atom is 0.222 e. The van der Waals surface area contributed by atoms with Crippen LogP contribution < -0.4 is 11.1 Å². The summed E-state index contributed by atoms with van der Waals surface area (Å²) in [4.78, 5) is 8.08. The molecule has 2 rings (SSSR count). The van der Waals surface area contributed by atoms with Crippen LogP contribution in [-0.2, 0) is 0 Å². The Labute approximate surface area is 111 Å². The second-order valence-corrected chi connectivity index (χ2v) is 4.57. The molecule has 18 heavy (non-hydrogen) atoms. The summed E-state index contributed by atoms with van der Waals surface area (Å²) in [6.45, 7) is 0.602. The number of aliphatic hydroxyl groups is 1. The number of nitrogens with zero attached hydrogens (tertiary/aromatic N) is 2. The smallest absolute Gasteiger partial charge is 0.222 e.